The van der Waals surface area contributed by atoms with Crippen LogP contribution in [0.15, 0.2) is 24.3 Å². The van der Waals surface area contributed by atoms with Gasteiger partial charge < -0.3 is 9.90 Å². The molecule has 1 aromatic carbocycles. The Kier molecular flexibility index (Phi) is 4.49. The summed E-state index contributed by atoms with van der Waals surface area (Å²) < 4.78 is 0. The monoisotopic (exact) mass is 210 g/mol. The fourth-order valence-corrected chi connectivity index (χ4v) is 0.526. The topological polar surface area (TPSA) is 37.3 Å². The van der Waals surface area contributed by atoms with Gasteiger partial charge >= 0.3 is 0 Å². The number of carbonyl (C=O) groups is 1. The minimum atomic E-state index is -0.935. The molecule has 0 saturated carbocycles. The Bertz CT molecular complexity index is 208. The van der Waals surface area contributed by atoms with Crippen LogP contribution in [0, 0.1) is 6.07 Å². The standard InChI is InChI=1S/C7H5O2.Y/c8-7(9)6-4-2-1-3-5-6;/h1-4H,(H,8,9);/q-1;. The van der Waals surface area contributed by atoms with Gasteiger partial charge in [-0.25, -0.2) is 0 Å². The molecule has 0 aliphatic heterocycles. The predicted octanol–water partition coefficient (Wildman–Crippen LogP) is 1.18. The molecule has 2 nitrogen and oxygen atoms in total. The van der Waals surface area contributed by atoms with E-state index in [9.17, 15) is 4.79 Å². The number of rotatable bonds is 1. The van der Waals surface area contributed by atoms with Crippen LogP contribution >= 0.6 is 0 Å². The van der Waals surface area contributed by atoms with Gasteiger partial charge in [-0.15, -0.1) is 30.3 Å². The van der Waals surface area contributed by atoms with Crippen LogP contribution in [-0.2, 0) is 32.7 Å². The van der Waals surface area contributed by atoms with Crippen molar-refractivity contribution in [2.75, 3.05) is 0 Å². The van der Waals surface area contributed by atoms with Gasteiger partial charge in [0.25, 0.3) is 0 Å². The first-order valence-corrected chi connectivity index (χ1v) is 2.51. The maximum absolute atomic E-state index is 10.2. The number of carboxylic acids is 1. The smallest absolute Gasteiger partial charge is 0.247 e. The van der Waals surface area contributed by atoms with Crippen LogP contribution in [0.1, 0.15) is 10.4 Å². The summed E-state index contributed by atoms with van der Waals surface area (Å²) in [6.45, 7) is 0. The molecular formula is C7H5O2Y-. The summed E-state index contributed by atoms with van der Waals surface area (Å²) in [5, 5.41) is 8.35. The normalized spacial score (nSPS) is 8.00. The number of carboxylic acid groups (broad SMARTS) is 1. The molecule has 1 aromatic rings. The summed E-state index contributed by atoms with van der Waals surface area (Å²) in [6, 6.07) is 9.04. The van der Waals surface area contributed by atoms with Crippen LogP contribution in [0.4, 0.5) is 0 Å². The van der Waals surface area contributed by atoms with E-state index in [0.29, 0.717) is 0 Å². The summed E-state index contributed by atoms with van der Waals surface area (Å²) in [4.78, 5) is 10.2. The Morgan fingerprint density at radius 2 is 2.20 bits per heavy atom. The Balaban J connectivity index is 0.000000810. The molecule has 0 bridgehead atoms. The fraction of sp³-hybridized carbons (Fsp3) is 0. The second kappa shape index (κ2) is 4.58. The third kappa shape index (κ3) is 2.59. The predicted molar refractivity (Wildman–Crippen MR) is 32.2 cm³/mol. The average Bonchev–Trinajstić information content (AvgIpc) is 1.90. The van der Waals surface area contributed by atoms with Gasteiger partial charge in [-0.2, -0.15) is 0 Å². The molecule has 0 saturated heterocycles. The first-order chi connectivity index (χ1) is 4.30. The van der Waals surface area contributed by atoms with Crippen LogP contribution in [-0.4, -0.2) is 11.1 Å². The molecule has 1 rings (SSSR count). The van der Waals surface area contributed by atoms with E-state index in [-0.39, 0.29) is 38.3 Å². The van der Waals surface area contributed by atoms with Crippen molar-refractivity contribution in [3.63, 3.8) is 0 Å². The van der Waals surface area contributed by atoms with Crippen molar-refractivity contribution in [3.8, 4) is 0 Å². The summed E-state index contributed by atoms with van der Waals surface area (Å²) in [5.41, 5.74) is 0.206. The van der Waals surface area contributed by atoms with E-state index >= 15 is 0 Å². The van der Waals surface area contributed by atoms with Crippen LogP contribution in [0.25, 0.3) is 0 Å². The Hall–Kier alpha value is -0.206. The van der Waals surface area contributed by atoms with Crippen molar-refractivity contribution in [1.29, 1.82) is 0 Å². The number of benzene rings is 1. The Labute approximate surface area is 84.1 Å². The molecule has 0 unspecified atom stereocenters. The molecule has 49 valence electrons. The van der Waals surface area contributed by atoms with E-state index in [2.05, 4.69) is 6.07 Å². The maximum atomic E-state index is 10.2. The van der Waals surface area contributed by atoms with Gasteiger partial charge in [-0.05, 0) is 0 Å². The second-order valence-electron chi connectivity index (χ2n) is 1.58. The van der Waals surface area contributed by atoms with Gasteiger partial charge in [-0.1, -0.05) is 5.56 Å². The third-order valence-electron chi connectivity index (χ3n) is 0.939. The van der Waals surface area contributed by atoms with Gasteiger partial charge in [0.1, 0.15) is 0 Å². The largest absolute Gasteiger partial charge is 0.521 e. The third-order valence-corrected chi connectivity index (χ3v) is 0.939. The molecule has 0 aliphatic rings. The number of aromatic carboxylic acids is 1. The summed E-state index contributed by atoms with van der Waals surface area (Å²) >= 11 is 0. The second-order valence-corrected chi connectivity index (χ2v) is 1.58. The summed E-state index contributed by atoms with van der Waals surface area (Å²) in [5.74, 6) is -0.935. The zero-order chi connectivity index (χ0) is 6.69. The van der Waals surface area contributed by atoms with E-state index in [1.54, 1.807) is 18.2 Å². The molecule has 0 fully saturated rings. The van der Waals surface area contributed by atoms with Gasteiger partial charge in [0.15, 0.2) is 0 Å². The summed E-state index contributed by atoms with van der Waals surface area (Å²) in [6.07, 6.45) is 0. The number of hydrogen-bond donors (Lipinski definition) is 1. The minimum Gasteiger partial charge on any atom is -0.521 e. The average molecular weight is 210 g/mol. The zero-order valence-corrected chi connectivity index (χ0v) is 8.08. The van der Waals surface area contributed by atoms with Crippen LogP contribution in [0.2, 0.25) is 0 Å². The van der Waals surface area contributed by atoms with Crippen molar-refractivity contribution >= 4 is 5.97 Å². The molecule has 0 atom stereocenters. The Morgan fingerprint density at radius 3 is 2.50 bits per heavy atom. The van der Waals surface area contributed by atoms with E-state index < -0.39 is 5.97 Å². The fourth-order valence-electron chi connectivity index (χ4n) is 0.526. The van der Waals surface area contributed by atoms with Crippen molar-refractivity contribution in [2.45, 2.75) is 0 Å². The first kappa shape index (κ1) is 9.79. The zero-order valence-electron chi connectivity index (χ0n) is 5.24. The van der Waals surface area contributed by atoms with Crippen molar-refractivity contribution in [2.24, 2.45) is 0 Å². The van der Waals surface area contributed by atoms with Crippen LogP contribution in [0.5, 0.6) is 0 Å². The van der Waals surface area contributed by atoms with Crippen molar-refractivity contribution < 1.29 is 42.6 Å². The quantitative estimate of drug-likeness (QED) is 0.706. The molecule has 0 aromatic heterocycles. The van der Waals surface area contributed by atoms with E-state index in [4.69, 9.17) is 5.11 Å². The number of hydrogen-bond acceptors (Lipinski definition) is 1. The first-order valence-electron chi connectivity index (χ1n) is 2.51. The molecule has 1 N–H and O–H groups in total. The summed E-state index contributed by atoms with van der Waals surface area (Å²) in [7, 11) is 0. The molecule has 3 heteroatoms. The molecule has 0 amide bonds. The van der Waals surface area contributed by atoms with Crippen molar-refractivity contribution in [3.05, 3.63) is 35.9 Å². The van der Waals surface area contributed by atoms with Crippen LogP contribution < -0.4 is 0 Å². The van der Waals surface area contributed by atoms with Gasteiger partial charge in [0, 0.05) is 32.7 Å². The maximum Gasteiger partial charge on any atom is 0.247 e. The van der Waals surface area contributed by atoms with Gasteiger partial charge in [0.05, 0.1) is 0 Å². The molecule has 0 heterocycles. The molecule has 0 spiro atoms. The molecular weight excluding hydrogens is 205 g/mol. The Morgan fingerprint density at radius 1 is 1.50 bits per heavy atom. The van der Waals surface area contributed by atoms with Gasteiger partial charge in [0.2, 0.25) is 5.97 Å². The van der Waals surface area contributed by atoms with E-state index in [1.165, 1.54) is 6.07 Å². The minimum absolute atomic E-state index is 0. The molecule has 10 heavy (non-hydrogen) atoms. The SMILES string of the molecule is O=C(O)c1[c-]cccc1.[Y]. The van der Waals surface area contributed by atoms with E-state index in [0.717, 1.165) is 0 Å². The van der Waals surface area contributed by atoms with E-state index in [1.807, 2.05) is 0 Å². The molecule has 1 radical (unpaired) electrons. The van der Waals surface area contributed by atoms with Gasteiger partial charge in [-0.3, -0.25) is 0 Å². The molecule has 0 aliphatic carbocycles. The van der Waals surface area contributed by atoms with Crippen LogP contribution in [0.3, 0.4) is 0 Å². The van der Waals surface area contributed by atoms with Crippen molar-refractivity contribution in [1.82, 2.24) is 0 Å².